The zero-order chi connectivity index (χ0) is 25.8. The van der Waals surface area contributed by atoms with Crippen LogP contribution in [-0.2, 0) is 6.42 Å². The first-order valence-electron chi connectivity index (χ1n) is 13.5. The van der Waals surface area contributed by atoms with Gasteiger partial charge in [0.25, 0.3) is 0 Å². The van der Waals surface area contributed by atoms with Crippen molar-refractivity contribution >= 4 is 38.8 Å². The highest BCUT2D eigenvalue weighted by Crippen LogP contribution is 2.35. The maximum absolute atomic E-state index is 2.41. The van der Waals surface area contributed by atoms with Crippen molar-refractivity contribution in [2.45, 2.75) is 6.42 Å². The Morgan fingerprint density at radius 1 is 0.462 bits per heavy atom. The number of hydrogen-bond acceptors (Lipinski definition) is 0. The molecule has 0 fully saturated rings. The van der Waals surface area contributed by atoms with Crippen LogP contribution in [0.5, 0.6) is 0 Å². The van der Waals surface area contributed by atoms with E-state index in [0.29, 0.717) is 0 Å². The number of benzene rings is 5. The Hall–Kier alpha value is -5.08. The molecule has 0 saturated carbocycles. The Kier molecular flexibility index (Phi) is 4.92. The molecule has 39 heavy (non-hydrogen) atoms. The second kappa shape index (κ2) is 8.75. The van der Waals surface area contributed by atoms with Gasteiger partial charge < -0.3 is 9.13 Å². The average molecular weight is 499 g/mol. The van der Waals surface area contributed by atoms with E-state index in [1.807, 2.05) is 0 Å². The minimum absolute atomic E-state index is 0.941. The summed E-state index contributed by atoms with van der Waals surface area (Å²) < 4.78 is 4.80. The lowest BCUT2D eigenvalue weighted by molar-refractivity contribution is 1.09. The molecule has 2 nitrogen and oxygen atoms in total. The zero-order valence-corrected chi connectivity index (χ0v) is 21.5. The van der Waals surface area contributed by atoms with E-state index < -0.39 is 0 Å². The summed E-state index contributed by atoms with van der Waals surface area (Å²) >= 11 is 0. The first-order chi connectivity index (χ1) is 19.4. The number of allylic oxidation sites excluding steroid dienone is 3. The zero-order valence-electron chi connectivity index (χ0n) is 21.5. The minimum Gasteiger partial charge on any atom is -0.310 e. The molecule has 2 aromatic heterocycles. The van der Waals surface area contributed by atoms with E-state index in [2.05, 4.69) is 155 Å². The molecule has 0 N–H and O–H groups in total. The van der Waals surface area contributed by atoms with Crippen LogP contribution in [0.15, 0.2) is 140 Å². The van der Waals surface area contributed by atoms with Gasteiger partial charge in [-0.05, 0) is 71.7 Å². The summed E-state index contributed by atoms with van der Waals surface area (Å²) in [5, 5.41) is 3.88. The van der Waals surface area contributed by atoms with Crippen molar-refractivity contribution in [1.82, 2.24) is 9.13 Å². The van der Waals surface area contributed by atoms with Crippen molar-refractivity contribution in [3.63, 3.8) is 0 Å². The number of aromatic nitrogens is 2. The number of fused-ring (bicyclic) bond motifs is 6. The topological polar surface area (TPSA) is 9.86 Å². The van der Waals surface area contributed by atoms with Crippen molar-refractivity contribution in [3.8, 4) is 22.5 Å². The van der Waals surface area contributed by atoms with Crippen molar-refractivity contribution in [1.29, 1.82) is 0 Å². The highest BCUT2D eigenvalue weighted by molar-refractivity contribution is 6.09. The van der Waals surface area contributed by atoms with Crippen LogP contribution in [0.25, 0.3) is 61.3 Å². The Morgan fingerprint density at radius 3 is 1.64 bits per heavy atom. The van der Waals surface area contributed by atoms with Gasteiger partial charge in [0.05, 0.1) is 22.2 Å². The molecule has 1 aliphatic rings. The Morgan fingerprint density at radius 2 is 1.00 bits per heavy atom. The lowest BCUT2D eigenvalue weighted by Gasteiger charge is -2.13. The molecule has 2 heterocycles. The molecule has 5 aromatic carbocycles. The maximum atomic E-state index is 2.41. The predicted molar refractivity (Wildman–Crippen MR) is 165 cm³/mol. The van der Waals surface area contributed by atoms with E-state index in [-0.39, 0.29) is 0 Å². The van der Waals surface area contributed by atoms with E-state index >= 15 is 0 Å². The van der Waals surface area contributed by atoms with Crippen molar-refractivity contribution in [3.05, 3.63) is 151 Å². The third-order valence-electron chi connectivity index (χ3n) is 7.97. The van der Waals surface area contributed by atoms with Crippen LogP contribution in [0.4, 0.5) is 0 Å². The van der Waals surface area contributed by atoms with Gasteiger partial charge in [-0.3, -0.25) is 0 Å². The Labute approximate surface area is 227 Å². The van der Waals surface area contributed by atoms with Gasteiger partial charge >= 0.3 is 0 Å². The van der Waals surface area contributed by atoms with Gasteiger partial charge in [-0.1, -0.05) is 97.1 Å². The Bertz CT molecular complexity index is 2040. The summed E-state index contributed by atoms with van der Waals surface area (Å²) in [5.74, 6) is 0. The fourth-order valence-corrected chi connectivity index (χ4v) is 6.26. The van der Waals surface area contributed by atoms with Gasteiger partial charge in [0.15, 0.2) is 0 Å². The molecule has 184 valence electrons. The van der Waals surface area contributed by atoms with Gasteiger partial charge in [0, 0.05) is 27.5 Å². The minimum atomic E-state index is 0.941. The van der Waals surface area contributed by atoms with Crippen LogP contribution in [0, 0.1) is 0 Å². The summed E-state index contributed by atoms with van der Waals surface area (Å²) in [4.78, 5) is 0. The number of rotatable bonds is 3. The third kappa shape index (κ3) is 3.42. The number of nitrogens with zero attached hydrogens (tertiary/aromatic N) is 2. The molecule has 0 radical (unpaired) electrons. The third-order valence-corrected chi connectivity index (χ3v) is 7.97. The second-order valence-corrected chi connectivity index (χ2v) is 10.2. The first-order valence-corrected chi connectivity index (χ1v) is 13.5. The van der Waals surface area contributed by atoms with Gasteiger partial charge in [0.2, 0.25) is 0 Å². The predicted octanol–water partition coefficient (Wildman–Crippen LogP) is 9.52. The normalized spacial score (nSPS) is 12.8. The highest BCUT2D eigenvalue weighted by atomic mass is 15.0. The van der Waals surface area contributed by atoms with Crippen LogP contribution >= 0.6 is 0 Å². The molecule has 0 spiro atoms. The molecule has 2 heteroatoms. The molecular weight excluding hydrogens is 472 g/mol. The number of para-hydroxylation sites is 3. The molecule has 0 saturated heterocycles. The quantitative estimate of drug-likeness (QED) is 0.230. The summed E-state index contributed by atoms with van der Waals surface area (Å²) in [6.07, 6.45) is 9.73. The van der Waals surface area contributed by atoms with Crippen LogP contribution in [0.2, 0.25) is 0 Å². The molecule has 0 atom stereocenters. The molecule has 8 rings (SSSR count). The van der Waals surface area contributed by atoms with Gasteiger partial charge in [-0.25, -0.2) is 0 Å². The summed E-state index contributed by atoms with van der Waals surface area (Å²) in [5.41, 5.74) is 11.1. The van der Waals surface area contributed by atoms with E-state index in [0.717, 1.165) is 6.42 Å². The van der Waals surface area contributed by atoms with Gasteiger partial charge in [-0.2, -0.15) is 0 Å². The summed E-state index contributed by atoms with van der Waals surface area (Å²) in [6.45, 7) is 0. The molecular formula is C37H26N2. The molecule has 0 aliphatic heterocycles. The standard InChI is InChI=1S/C37H26N2/c1-2-16-30-31-17-4-7-21-35(31)38(34(30)20-3-1)28-14-10-12-26(24-28)27-13-11-15-29(25-27)39-36-22-8-5-18-32(36)33-19-6-9-23-37(33)39/h1-15,17-25H,16H2. The molecule has 0 amide bonds. The SMILES string of the molecule is C1=CCc2c(n(-c3cccc(-c4cccc(-n5c6ccccc6c6ccccc65)c4)c3)c3ccccc23)C=C1. The lowest BCUT2D eigenvalue weighted by atomic mass is 10.0. The molecule has 0 unspecified atom stereocenters. The van der Waals surface area contributed by atoms with Crippen LogP contribution in [0.1, 0.15) is 11.3 Å². The van der Waals surface area contributed by atoms with Crippen LogP contribution < -0.4 is 0 Å². The van der Waals surface area contributed by atoms with Gasteiger partial charge in [0.1, 0.15) is 0 Å². The highest BCUT2D eigenvalue weighted by Gasteiger charge is 2.17. The van der Waals surface area contributed by atoms with Crippen LogP contribution in [-0.4, -0.2) is 9.13 Å². The molecule has 0 bridgehead atoms. The van der Waals surface area contributed by atoms with E-state index in [4.69, 9.17) is 0 Å². The monoisotopic (exact) mass is 498 g/mol. The Balaban J connectivity index is 1.30. The smallest absolute Gasteiger partial charge is 0.0541 e. The van der Waals surface area contributed by atoms with E-state index in [9.17, 15) is 0 Å². The molecule has 1 aliphatic carbocycles. The molecule has 7 aromatic rings. The lowest BCUT2D eigenvalue weighted by Crippen LogP contribution is -1.98. The van der Waals surface area contributed by atoms with Crippen molar-refractivity contribution in [2.75, 3.05) is 0 Å². The number of hydrogen-bond donors (Lipinski definition) is 0. The fraction of sp³-hybridized carbons (Fsp3) is 0.0270. The first kappa shape index (κ1) is 22.0. The average Bonchev–Trinajstić information content (AvgIpc) is 3.38. The van der Waals surface area contributed by atoms with Gasteiger partial charge in [-0.15, -0.1) is 0 Å². The van der Waals surface area contributed by atoms with Crippen molar-refractivity contribution < 1.29 is 0 Å². The van der Waals surface area contributed by atoms with E-state index in [1.54, 1.807) is 0 Å². The van der Waals surface area contributed by atoms with E-state index in [1.165, 1.54) is 66.5 Å². The van der Waals surface area contributed by atoms with Crippen LogP contribution in [0.3, 0.4) is 0 Å². The second-order valence-electron chi connectivity index (χ2n) is 10.2. The van der Waals surface area contributed by atoms with Crippen molar-refractivity contribution in [2.24, 2.45) is 0 Å². The maximum Gasteiger partial charge on any atom is 0.0541 e. The summed E-state index contributed by atoms with van der Waals surface area (Å²) in [7, 11) is 0. The summed E-state index contributed by atoms with van der Waals surface area (Å²) in [6, 6.07) is 44.0. The largest absolute Gasteiger partial charge is 0.310 e. The fourth-order valence-electron chi connectivity index (χ4n) is 6.26.